The standard InChI is InChI=1S/C36H48N2.Pd/c1-5-9-12-14-16-18-24-31-26-20-22-29-34(31)37-33(8-4)36(28-11-7-3)38-35-30-23-21-27-32(35)25-19-17-15-13-10-6-2;/h20-23,26-27,29-30H,5-11,16-19,24-25,28H2,1-4H3;. The van der Waals surface area contributed by atoms with Gasteiger partial charge in [-0.05, 0) is 81.0 Å². The first-order valence-corrected chi connectivity index (χ1v) is 15.0. The van der Waals surface area contributed by atoms with Crippen molar-refractivity contribution in [2.24, 2.45) is 9.98 Å². The summed E-state index contributed by atoms with van der Waals surface area (Å²) in [6.45, 7) is 8.80. The molecular weight excluding hydrogens is 567 g/mol. The first kappa shape index (κ1) is 34.6. The predicted molar refractivity (Wildman–Crippen MR) is 168 cm³/mol. The van der Waals surface area contributed by atoms with Crippen molar-refractivity contribution in [3.63, 3.8) is 0 Å². The van der Waals surface area contributed by atoms with Crippen LogP contribution in [0.25, 0.3) is 0 Å². The van der Waals surface area contributed by atoms with Crippen LogP contribution in [-0.4, -0.2) is 11.4 Å². The smallest absolute Gasteiger partial charge is 0.0665 e. The van der Waals surface area contributed by atoms with Crippen molar-refractivity contribution in [1.29, 1.82) is 0 Å². The fourth-order valence-corrected chi connectivity index (χ4v) is 4.25. The molecule has 2 aromatic carbocycles. The molecule has 0 fully saturated rings. The van der Waals surface area contributed by atoms with E-state index in [1.807, 2.05) is 0 Å². The van der Waals surface area contributed by atoms with Gasteiger partial charge in [-0.25, -0.2) is 0 Å². The summed E-state index contributed by atoms with van der Waals surface area (Å²) >= 11 is 0. The average Bonchev–Trinajstić information content (AvgIpc) is 2.95. The van der Waals surface area contributed by atoms with Crippen LogP contribution < -0.4 is 0 Å². The Bertz CT molecular complexity index is 1140. The van der Waals surface area contributed by atoms with E-state index >= 15 is 0 Å². The molecule has 0 unspecified atom stereocenters. The Morgan fingerprint density at radius 3 is 1.49 bits per heavy atom. The molecule has 0 saturated carbocycles. The number of benzene rings is 2. The summed E-state index contributed by atoms with van der Waals surface area (Å²) in [5.74, 6) is 13.2. The third-order valence-corrected chi connectivity index (χ3v) is 6.42. The van der Waals surface area contributed by atoms with Crippen LogP contribution in [0, 0.1) is 23.7 Å². The maximum atomic E-state index is 5.26. The second-order valence-corrected chi connectivity index (χ2v) is 9.75. The third kappa shape index (κ3) is 14.0. The van der Waals surface area contributed by atoms with Crippen LogP contribution in [0.4, 0.5) is 11.4 Å². The molecule has 0 aliphatic carbocycles. The van der Waals surface area contributed by atoms with Crippen LogP contribution in [-0.2, 0) is 33.3 Å². The minimum atomic E-state index is 0. The van der Waals surface area contributed by atoms with E-state index in [1.54, 1.807) is 0 Å². The molecule has 2 rings (SSSR count). The molecule has 0 spiro atoms. The van der Waals surface area contributed by atoms with Gasteiger partial charge < -0.3 is 0 Å². The summed E-state index contributed by atoms with van der Waals surface area (Å²) in [4.78, 5) is 10.5. The van der Waals surface area contributed by atoms with Gasteiger partial charge >= 0.3 is 0 Å². The van der Waals surface area contributed by atoms with Gasteiger partial charge in [0.25, 0.3) is 0 Å². The van der Waals surface area contributed by atoms with Crippen molar-refractivity contribution in [3.05, 3.63) is 59.7 Å². The summed E-state index contributed by atoms with van der Waals surface area (Å²) in [6.07, 6.45) is 14.4. The molecule has 39 heavy (non-hydrogen) atoms. The van der Waals surface area contributed by atoms with Gasteiger partial charge in [0.2, 0.25) is 0 Å². The van der Waals surface area contributed by atoms with Gasteiger partial charge in [0.1, 0.15) is 0 Å². The molecule has 0 aliphatic rings. The fourth-order valence-electron chi connectivity index (χ4n) is 4.25. The third-order valence-electron chi connectivity index (χ3n) is 6.42. The monoisotopic (exact) mass is 614 g/mol. The second-order valence-electron chi connectivity index (χ2n) is 9.75. The largest absolute Gasteiger partial charge is 0.251 e. The average molecular weight is 615 g/mol. The van der Waals surface area contributed by atoms with E-state index in [9.17, 15) is 0 Å². The quantitative estimate of drug-likeness (QED) is 0.0825. The Morgan fingerprint density at radius 2 is 1.03 bits per heavy atom. The van der Waals surface area contributed by atoms with Crippen molar-refractivity contribution in [3.8, 4) is 23.7 Å². The number of nitrogens with zero attached hydrogens (tertiary/aromatic N) is 2. The van der Waals surface area contributed by atoms with Gasteiger partial charge in [-0.2, -0.15) is 0 Å². The number of aliphatic imine (C=N–C) groups is 2. The predicted octanol–water partition coefficient (Wildman–Crippen LogP) is 10.4. The zero-order valence-corrected chi connectivity index (χ0v) is 26.3. The summed E-state index contributed by atoms with van der Waals surface area (Å²) < 4.78 is 0. The SMILES string of the molecule is CCCC#CCCCc1ccccc1N=C(CC)C(CCCC)=Nc1ccccc1CCCC#CCCC.[Pd]. The van der Waals surface area contributed by atoms with Crippen molar-refractivity contribution in [2.75, 3.05) is 0 Å². The van der Waals surface area contributed by atoms with E-state index in [1.165, 1.54) is 11.1 Å². The molecular formula is C36H48N2Pd. The fraction of sp³-hybridized carbons (Fsp3) is 0.500. The van der Waals surface area contributed by atoms with Crippen molar-refractivity contribution < 1.29 is 20.4 Å². The number of para-hydroxylation sites is 2. The Kier molecular flexibility index (Phi) is 19.9. The first-order chi connectivity index (χ1) is 18.7. The molecule has 0 N–H and O–H groups in total. The zero-order valence-electron chi connectivity index (χ0n) is 24.7. The van der Waals surface area contributed by atoms with E-state index in [2.05, 4.69) is 99.9 Å². The number of hydrogen-bond acceptors (Lipinski definition) is 2. The van der Waals surface area contributed by atoms with E-state index in [4.69, 9.17) is 9.98 Å². The van der Waals surface area contributed by atoms with Crippen LogP contribution in [0.3, 0.4) is 0 Å². The maximum absolute atomic E-state index is 5.26. The Hall–Kier alpha value is -2.44. The molecule has 0 bridgehead atoms. The van der Waals surface area contributed by atoms with Gasteiger partial charge in [0, 0.05) is 46.1 Å². The van der Waals surface area contributed by atoms with E-state index in [0.717, 1.165) is 113 Å². The van der Waals surface area contributed by atoms with Gasteiger partial charge in [-0.3, -0.25) is 9.98 Å². The van der Waals surface area contributed by atoms with Gasteiger partial charge in [-0.1, -0.05) is 70.5 Å². The minimum absolute atomic E-state index is 0. The first-order valence-electron chi connectivity index (χ1n) is 15.0. The molecule has 0 aromatic heterocycles. The van der Waals surface area contributed by atoms with Crippen LogP contribution >= 0.6 is 0 Å². The Balaban J connectivity index is 0.00000760. The number of rotatable bonds is 15. The van der Waals surface area contributed by atoms with Crippen molar-refractivity contribution >= 4 is 22.8 Å². The van der Waals surface area contributed by atoms with Crippen LogP contribution in [0.1, 0.15) is 116 Å². The molecule has 0 heterocycles. The van der Waals surface area contributed by atoms with Gasteiger partial charge in [0.05, 0.1) is 22.8 Å². The van der Waals surface area contributed by atoms with Crippen LogP contribution in [0.15, 0.2) is 58.5 Å². The summed E-state index contributed by atoms with van der Waals surface area (Å²) in [5, 5.41) is 0. The zero-order chi connectivity index (χ0) is 27.3. The molecule has 2 aromatic rings. The molecule has 0 aliphatic heterocycles. The topological polar surface area (TPSA) is 24.7 Å². The summed E-state index contributed by atoms with van der Waals surface area (Å²) in [7, 11) is 0. The van der Waals surface area contributed by atoms with E-state index < -0.39 is 0 Å². The van der Waals surface area contributed by atoms with Gasteiger partial charge in [-0.15, -0.1) is 23.7 Å². The minimum Gasteiger partial charge on any atom is -0.251 e. The van der Waals surface area contributed by atoms with E-state index in [0.29, 0.717) is 0 Å². The molecule has 212 valence electrons. The maximum Gasteiger partial charge on any atom is 0.0665 e. The molecule has 0 saturated heterocycles. The van der Waals surface area contributed by atoms with Crippen LogP contribution in [0.2, 0.25) is 0 Å². The second kappa shape index (κ2) is 22.4. The normalized spacial score (nSPS) is 11.2. The van der Waals surface area contributed by atoms with Gasteiger partial charge in [0.15, 0.2) is 0 Å². The van der Waals surface area contributed by atoms with Crippen molar-refractivity contribution in [1.82, 2.24) is 0 Å². The number of unbranched alkanes of at least 4 members (excludes halogenated alkanes) is 5. The van der Waals surface area contributed by atoms with E-state index in [-0.39, 0.29) is 20.4 Å². The van der Waals surface area contributed by atoms with Crippen molar-refractivity contribution in [2.45, 2.75) is 118 Å². The Labute approximate surface area is 253 Å². The number of hydrogen-bond donors (Lipinski definition) is 0. The number of aryl methyl sites for hydroxylation is 2. The summed E-state index contributed by atoms with van der Waals surface area (Å²) in [6, 6.07) is 17.2. The summed E-state index contributed by atoms with van der Waals surface area (Å²) in [5.41, 5.74) is 7.00. The molecule has 0 radical (unpaired) electrons. The molecule has 2 nitrogen and oxygen atoms in total. The Morgan fingerprint density at radius 1 is 0.564 bits per heavy atom. The van der Waals surface area contributed by atoms with Crippen LogP contribution in [0.5, 0.6) is 0 Å². The molecule has 3 heteroatoms. The molecule has 0 atom stereocenters. The molecule has 0 amide bonds.